The Labute approximate surface area is 159 Å². The molecule has 0 saturated carbocycles. The molecule has 0 radical (unpaired) electrons. The van der Waals surface area contributed by atoms with Crippen LogP contribution in [0.1, 0.15) is 22.8 Å². The van der Waals surface area contributed by atoms with Crippen molar-refractivity contribution >= 4 is 17.6 Å². The normalized spacial score (nSPS) is 12.1. The van der Waals surface area contributed by atoms with E-state index in [1.165, 1.54) is 39.3 Å². The van der Waals surface area contributed by atoms with Gasteiger partial charge in [0.1, 0.15) is 0 Å². The summed E-state index contributed by atoms with van der Waals surface area (Å²) in [5.74, 6) is -0.712. The van der Waals surface area contributed by atoms with Crippen LogP contribution < -0.4 is 14.8 Å². The number of anilines is 1. The second-order valence-electron chi connectivity index (χ2n) is 5.68. The minimum absolute atomic E-state index is 0.145. The lowest BCUT2D eigenvalue weighted by atomic mass is 10.2. The molecule has 0 fully saturated rings. The van der Waals surface area contributed by atoms with Gasteiger partial charge < -0.3 is 19.5 Å². The SMILES string of the molecule is COc1ccc(C(=O)O[C@@H](C)C(=O)Nc2ccc(C(F)(F)F)cc2)cc1OC. The summed E-state index contributed by atoms with van der Waals surface area (Å²) in [6, 6.07) is 8.28. The number of carbonyl (C=O) groups excluding carboxylic acids is 2. The molecule has 0 heterocycles. The van der Waals surface area contributed by atoms with E-state index >= 15 is 0 Å². The summed E-state index contributed by atoms with van der Waals surface area (Å²) in [5.41, 5.74) is -0.544. The number of halogens is 3. The molecular weight excluding hydrogens is 379 g/mol. The van der Waals surface area contributed by atoms with Crippen molar-refractivity contribution in [3.63, 3.8) is 0 Å². The van der Waals surface area contributed by atoms with Crippen molar-refractivity contribution in [3.05, 3.63) is 53.6 Å². The summed E-state index contributed by atoms with van der Waals surface area (Å²) in [6.45, 7) is 1.35. The van der Waals surface area contributed by atoms with E-state index in [1.807, 2.05) is 0 Å². The molecule has 0 unspecified atom stereocenters. The minimum Gasteiger partial charge on any atom is -0.493 e. The van der Waals surface area contributed by atoms with Gasteiger partial charge in [-0.3, -0.25) is 4.79 Å². The Balaban J connectivity index is 2.01. The molecule has 0 aliphatic rings. The van der Waals surface area contributed by atoms with Crippen LogP contribution in [0, 0.1) is 0 Å². The number of rotatable bonds is 6. The molecule has 9 heteroatoms. The molecule has 0 aliphatic carbocycles. The average molecular weight is 397 g/mol. The molecule has 2 aromatic carbocycles. The van der Waals surface area contributed by atoms with E-state index in [0.717, 1.165) is 24.3 Å². The van der Waals surface area contributed by atoms with Crippen LogP contribution in [0.15, 0.2) is 42.5 Å². The van der Waals surface area contributed by atoms with Crippen LogP contribution in [0.2, 0.25) is 0 Å². The highest BCUT2D eigenvalue weighted by molar-refractivity contribution is 5.97. The zero-order valence-corrected chi connectivity index (χ0v) is 15.3. The summed E-state index contributed by atoms with van der Waals surface area (Å²) in [5, 5.41) is 2.39. The van der Waals surface area contributed by atoms with E-state index in [2.05, 4.69) is 5.32 Å². The molecule has 0 bridgehead atoms. The minimum atomic E-state index is -4.47. The van der Waals surface area contributed by atoms with Gasteiger partial charge in [-0.25, -0.2) is 4.79 Å². The lowest BCUT2D eigenvalue weighted by Gasteiger charge is -2.15. The van der Waals surface area contributed by atoms with Crippen molar-refractivity contribution in [2.75, 3.05) is 19.5 Å². The molecule has 28 heavy (non-hydrogen) atoms. The summed E-state index contributed by atoms with van der Waals surface area (Å²) in [4.78, 5) is 24.3. The van der Waals surface area contributed by atoms with Gasteiger partial charge in [-0.1, -0.05) is 0 Å². The number of hydrogen-bond acceptors (Lipinski definition) is 5. The number of alkyl halides is 3. The number of amides is 1. The Morgan fingerprint density at radius 3 is 2.11 bits per heavy atom. The lowest BCUT2D eigenvalue weighted by Crippen LogP contribution is -2.30. The molecule has 2 rings (SSSR count). The third-order valence-corrected chi connectivity index (χ3v) is 3.75. The highest BCUT2D eigenvalue weighted by Crippen LogP contribution is 2.30. The van der Waals surface area contributed by atoms with Crippen LogP contribution in [-0.2, 0) is 15.7 Å². The maximum Gasteiger partial charge on any atom is 0.416 e. The molecule has 0 saturated heterocycles. The Morgan fingerprint density at radius 1 is 0.964 bits per heavy atom. The van der Waals surface area contributed by atoms with Crippen LogP contribution in [0.25, 0.3) is 0 Å². The fraction of sp³-hybridized carbons (Fsp3) is 0.263. The Morgan fingerprint density at radius 2 is 1.57 bits per heavy atom. The van der Waals surface area contributed by atoms with Gasteiger partial charge in [-0.05, 0) is 49.4 Å². The number of nitrogens with one attached hydrogen (secondary N) is 1. The van der Waals surface area contributed by atoms with Gasteiger partial charge in [0.15, 0.2) is 17.6 Å². The predicted octanol–water partition coefficient (Wildman–Crippen LogP) is 3.91. The number of esters is 1. The monoisotopic (exact) mass is 397 g/mol. The Hall–Kier alpha value is -3.23. The molecule has 0 aromatic heterocycles. The molecule has 150 valence electrons. The van der Waals surface area contributed by atoms with Crippen LogP contribution >= 0.6 is 0 Å². The van der Waals surface area contributed by atoms with E-state index in [0.29, 0.717) is 11.5 Å². The third-order valence-electron chi connectivity index (χ3n) is 3.75. The molecular formula is C19H18F3NO5. The largest absolute Gasteiger partial charge is 0.493 e. The van der Waals surface area contributed by atoms with Crippen molar-refractivity contribution in [2.45, 2.75) is 19.2 Å². The fourth-order valence-corrected chi connectivity index (χ4v) is 2.23. The zero-order valence-electron chi connectivity index (χ0n) is 15.3. The van der Waals surface area contributed by atoms with E-state index in [-0.39, 0.29) is 11.3 Å². The quantitative estimate of drug-likeness (QED) is 0.749. The van der Waals surface area contributed by atoms with Gasteiger partial charge in [-0.2, -0.15) is 13.2 Å². The van der Waals surface area contributed by atoms with Crippen molar-refractivity contribution in [2.24, 2.45) is 0 Å². The Kier molecular flexibility index (Phi) is 6.50. The highest BCUT2D eigenvalue weighted by atomic mass is 19.4. The van der Waals surface area contributed by atoms with Gasteiger partial charge in [0, 0.05) is 5.69 Å². The van der Waals surface area contributed by atoms with Gasteiger partial charge in [0.05, 0.1) is 25.3 Å². The first-order valence-electron chi connectivity index (χ1n) is 8.07. The summed E-state index contributed by atoms with van der Waals surface area (Å²) in [7, 11) is 2.86. The molecule has 0 spiro atoms. The average Bonchev–Trinajstić information content (AvgIpc) is 2.66. The molecule has 6 nitrogen and oxygen atoms in total. The van der Waals surface area contributed by atoms with Crippen molar-refractivity contribution in [1.29, 1.82) is 0 Å². The number of carbonyl (C=O) groups is 2. The standard InChI is InChI=1S/C19H18F3NO5/c1-11(17(24)23-14-7-5-13(6-8-14)19(20,21)22)28-18(25)12-4-9-15(26-2)16(10-12)27-3/h4-11H,1-3H3,(H,23,24)/t11-/m0/s1. The smallest absolute Gasteiger partial charge is 0.416 e. The Bertz CT molecular complexity index is 850. The fourth-order valence-electron chi connectivity index (χ4n) is 2.23. The van der Waals surface area contributed by atoms with Gasteiger partial charge >= 0.3 is 12.1 Å². The molecule has 2 aromatic rings. The van der Waals surface area contributed by atoms with Crippen molar-refractivity contribution in [3.8, 4) is 11.5 Å². The van der Waals surface area contributed by atoms with Crippen molar-refractivity contribution in [1.82, 2.24) is 0 Å². The lowest BCUT2D eigenvalue weighted by molar-refractivity contribution is -0.137. The molecule has 0 aliphatic heterocycles. The van der Waals surface area contributed by atoms with Crippen LogP contribution in [0.5, 0.6) is 11.5 Å². The number of ether oxygens (including phenoxy) is 3. The van der Waals surface area contributed by atoms with E-state index in [1.54, 1.807) is 0 Å². The van der Waals surface area contributed by atoms with E-state index in [9.17, 15) is 22.8 Å². The third kappa shape index (κ3) is 5.15. The predicted molar refractivity (Wildman–Crippen MR) is 94.5 cm³/mol. The summed E-state index contributed by atoms with van der Waals surface area (Å²) >= 11 is 0. The van der Waals surface area contributed by atoms with Crippen LogP contribution in [0.3, 0.4) is 0 Å². The van der Waals surface area contributed by atoms with Crippen molar-refractivity contribution < 1.29 is 37.0 Å². The zero-order chi connectivity index (χ0) is 20.9. The van der Waals surface area contributed by atoms with E-state index in [4.69, 9.17) is 14.2 Å². The summed E-state index contributed by atoms with van der Waals surface area (Å²) < 4.78 is 52.9. The number of benzene rings is 2. The first-order chi connectivity index (χ1) is 13.2. The van der Waals surface area contributed by atoms with Gasteiger partial charge in [-0.15, -0.1) is 0 Å². The second-order valence-corrected chi connectivity index (χ2v) is 5.68. The molecule has 1 N–H and O–H groups in total. The molecule has 1 atom stereocenters. The number of hydrogen-bond donors (Lipinski definition) is 1. The highest BCUT2D eigenvalue weighted by Gasteiger charge is 2.30. The topological polar surface area (TPSA) is 73.9 Å². The maximum atomic E-state index is 12.6. The number of methoxy groups -OCH3 is 2. The van der Waals surface area contributed by atoms with Crippen LogP contribution in [-0.4, -0.2) is 32.2 Å². The second kappa shape index (κ2) is 8.64. The first kappa shape index (κ1) is 21.1. The van der Waals surface area contributed by atoms with Crippen LogP contribution in [0.4, 0.5) is 18.9 Å². The van der Waals surface area contributed by atoms with E-state index < -0.39 is 29.7 Å². The first-order valence-corrected chi connectivity index (χ1v) is 8.07. The maximum absolute atomic E-state index is 12.6. The van der Waals surface area contributed by atoms with Gasteiger partial charge in [0.2, 0.25) is 0 Å². The van der Waals surface area contributed by atoms with Gasteiger partial charge in [0.25, 0.3) is 5.91 Å². The molecule has 1 amide bonds. The summed E-state index contributed by atoms with van der Waals surface area (Å²) in [6.07, 6.45) is -5.65.